The summed E-state index contributed by atoms with van der Waals surface area (Å²) in [6.07, 6.45) is 1.48. The molecule has 0 aliphatic rings. The molecule has 0 radical (unpaired) electrons. The minimum atomic E-state index is 0.524. The Bertz CT molecular complexity index is 840. The number of methoxy groups -OCH3 is 1. The fourth-order valence-corrected chi connectivity index (χ4v) is 2.45. The number of benzene rings is 2. The van der Waals surface area contributed by atoms with Crippen molar-refractivity contribution in [2.24, 2.45) is 0 Å². The van der Waals surface area contributed by atoms with E-state index < -0.39 is 0 Å². The molecule has 0 amide bonds. The zero-order chi connectivity index (χ0) is 16.9. The Labute approximate surface area is 149 Å². The lowest BCUT2D eigenvalue weighted by Crippen LogP contribution is -1.98. The highest BCUT2D eigenvalue weighted by atomic mass is 35.5. The predicted octanol–water partition coefficient (Wildman–Crippen LogP) is 5.28. The van der Waals surface area contributed by atoms with Crippen molar-refractivity contribution in [1.29, 1.82) is 0 Å². The number of nitrogens with one attached hydrogen (secondary N) is 2. The molecule has 0 bridgehead atoms. The van der Waals surface area contributed by atoms with Gasteiger partial charge in [0, 0.05) is 22.5 Å². The van der Waals surface area contributed by atoms with Gasteiger partial charge in [0.15, 0.2) is 0 Å². The van der Waals surface area contributed by atoms with Gasteiger partial charge >= 0.3 is 0 Å². The highest BCUT2D eigenvalue weighted by Crippen LogP contribution is 2.28. The third-order valence-electron chi connectivity index (χ3n) is 3.21. The molecule has 3 aromatic rings. The second kappa shape index (κ2) is 7.38. The molecule has 1 heterocycles. The zero-order valence-corrected chi connectivity index (χ0v) is 14.3. The Morgan fingerprint density at radius 1 is 0.833 bits per heavy atom. The van der Waals surface area contributed by atoms with E-state index in [9.17, 15) is 0 Å². The molecule has 0 spiro atoms. The minimum Gasteiger partial charge on any atom is -0.495 e. The maximum absolute atomic E-state index is 6.13. The molecule has 0 fully saturated rings. The van der Waals surface area contributed by atoms with Gasteiger partial charge in [-0.15, -0.1) is 0 Å². The third-order valence-corrected chi connectivity index (χ3v) is 3.76. The van der Waals surface area contributed by atoms with Crippen LogP contribution in [0.25, 0.3) is 0 Å². The first-order chi connectivity index (χ1) is 11.6. The molecule has 0 aliphatic heterocycles. The maximum atomic E-state index is 6.13. The van der Waals surface area contributed by atoms with Crippen LogP contribution in [-0.4, -0.2) is 17.1 Å². The van der Waals surface area contributed by atoms with E-state index in [4.69, 9.17) is 27.9 Å². The normalized spacial score (nSPS) is 10.3. The van der Waals surface area contributed by atoms with Gasteiger partial charge in [0.05, 0.1) is 12.1 Å². The second-order valence-corrected chi connectivity index (χ2v) is 5.74. The zero-order valence-electron chi connectivity index (χ0n) is 12.8. The number of halogens is 2. The number of ether oxygens (including phenoxy) is 1. The van der Waals surface area contributed by atoms with Gasteiger partial charge in [0.25, 0.3) is 0 Å². The van der Waals surface area contributed by atoms with E-state index in [0.717, 1.165) is 11.4 Å². The van der Waals surface area contributed by atoms with Gasteiger partial charge in [-0.05, 0) is 42.5 Å². The van der Waals surface area contributed by atoms with Gasteiger partial charge in [-0.2, -0.15) is 0 Å². The van der Waals surface area contributed by atoms with Gasteiger partial charge < -0.3 is 15.4 Å². The summed E-state index contributed by atoms with van der Waals surface area (Å²) in [5.74, 6) is 1.92. The first-order valence-electron chi connectivity index (χ1n) is 7.09. The average Bonchev–Trinajstić information content (AvgIpc) is 2.58. The smallest absolute Gasteiger partial charge is 0.137 e. The van der Waals surface area contributed by atoms with Crippen LogP contribution in [-0.2, 0) is 0 Å². The van der Waals surface area contributed by atoms with E-state index in [1.54, 1.807) is 25.3 Å². The van der Waals surface area contributed by atoms with Crippen LogP contribution in [0.1, 0.15) is 0 Å². The fourth-order valence-electron chi connectivity index (χ4n) is 2.07. The minimum absolute atomic E-state index is 0.524. The molecule has 1 aromatic heterocycles. The van der Waals surface area contributed by atoms with Crippen LogP contribution in [0.4, 0.5) is 23.0 Å². The maximum Gasteiger partial charge on any atom is 0.137 e. The van der Waals surface area contributed by atoms with Gasteiger partial charge in [-0.1, -0.05) is 23.2 Å². The molecule has 2 N–H and O–H groups in total. The summed E-state index contributed by atoms with van der Waals surface area (Å²) >= 11 is 12.0. The lowest BCUT2D eigenvalue weighted by Gasteiger charge is -2.10. The van der Waals surface area contributed by atoms with Crippen molar-refractivity contribution >= 4 is 46.2 Å². The molecule has 24 heavy (non-hydrogen) atoms. The summed E-state index contributed by atoms with van der Waals surface area (Å²) in [4.78, 5) is 8.41. The van der Waals surface area contributed by atoms with Crippen molar-refractivity contribution in [2.45, 2.75) is 0 Å². The second-order valence-electron chi connectivity index (χ2n) is 4.89. The van der Waals surface area contributed by atoms with Crippen LogP contribution < -0.4 is 15.4 Å². The van der Waals surface area contributed by atoms with E-state index in [2.05, 4.69) is 20.6 Å². The molecule has 122 valence electrons. The molecule has 5 nitrogen and oxygen atoms in total. The molecule has 0 saturated carbocycles. The number of nitrogens with zero attached hydrogens (tertiary/aromatic N) is 2. The molecular formula is C17H14Cl2N4O. The Kier molecular flexibility index (Phi) is 5.03. The highest BCUT2D eigenvalue weighted by molar-refractivity contribution is 6.32. The van der Waals surface area contributed by atoms with E-state index in [1.165, 1.54) is 6.33 Å². The van der Waals surface area contributed by atoms with Gasteiger partial charge in [-0.25, -0.2) is 9.97 Å². The first-order valence-corrected chi connectivity index (χ1v) is 7.85. The Morgan fingerprint density at radius 3 is 2.08 bits per heavy atom. The number of anilines is 4. The van der Waals surface area contributed by atoms with Crippen LogP contribution >= 0.6 is 23.2 Å². The number of aromatic nitrogens is 2. The summed E-state index contributed by atoms with van der Waals surface area (Å²) in [6.45, 7) is 0. The van der Waals surface area contributed by atoms with E-state index in [-0.39, 0.29) is 0 Å². The van der Waals surface area contributed by atoms with Crippen LogP contribution in [0, 0.1) is 0 Å². The number of hydrogen-bond acceptors (Lipinski definition) is 5. The molecule has 0 unspecified atom stereocenters. The van der Waals surface area contributed by atoms with E-state index >= 15 is 0 Å². The lowest BCUT2D eigenvalue weighted by atomic mass is 10.3. The average molecular weight is 361 g/mol. The molecule has 3 rings (SSSR count). The fraction of sp³-hybridized carbons (Fsp3) is 0.0588. The number of hydrogen-bond donors (Lipinski definition) is 2. The van der Waals surface area contributed by atoms with E-state index in [1.807, 2.05) is 30.3 Å². The van der Waals surface area contributed by atoms with Crippen molar-refractivity contribution in [2.75, 3.05) is 17.7 Å². The quantitative estimate of drug-likeness (QED) is 0.648. The summed E-state index contributed by atoms with van der Waals surface area (Å²) in [5, 5.41) is 7.58. The monoisotopic (exact) mass is 360 g/mol. The van der Waals surface area contributed by atoms with Crippen molar-refractivity contribution in [3.63, 3.8) is 0 Å². The predicted molar refractivity (Wildman–Crippen MR) is 98.1 cm³/mol. The molecule has 2 aromatic carbocycles. The summed E-state index contributed by atoms with van der Waals surface area (Å²) < 4.78 is 5.14. The lowest BCUT2D eigenvalue weighted by molar-refractivity contribution is 0.415. The van der Waals surface area contributed by atoms with Gasteiger partial charge in [0.2, 0.25) is 0 Å². The SMILES string of the molecule is COc1ccc(Nc2cc(Nc3ccc(Cl)cc3)ncn2)cc1Cl. The highest BCUT2D eigenvalue weighted by Gasteiger charge is 2.04. The first kappa shape index (κ1) is 16.4. The van der Waals surface area contributed by atoms with Gasteiger partial charge in [-0.3, -0.25) is 0 Å². The Hall–Kier alpha value is -2.50. The van der Waals surface area contributed by atoms with Gasteiger partial charge in [0.1, 0.15) is 23.7 Å². The molecule has 7 heteroatoms. The Balaban J connectivity index is 1.75. The molecular weight excluding hydrogens is 347 g/mol. The topological polar surface area (TPSA) is 59.1 Å². The van der Waals surface area contributed by atoms with Crippen LogP contribution in [0.2, 0.25) is 10.0 Å². The molecule has 0 saturated heterocycles. The largest absolute Gasteiger partial charge is 0.495 e. The molecule has 0 atom stereocenters. The van der Waals surface area contributed by atoms with Crippen LogP contribution in [0.3, 0.4) is 0 Å². The third kappa shape index (κ3) is 4.07. The van der Waals surface area contributed by atoms with Crippen molar-refractivity contribution in [1.82, 2.24) is 9.97 Å². The summed E-state index contributed by atoms with van der Waals surface area (Å²) in [7, 11) is 1.58. The summed E-state index contributed by atoms with van der Waals surface area (Å²) in [5.41, 5.74) is 1.69. The van der Waals surface area contributed by atoms with Crippen LogP contribution in [0.5, 0.6) is 5.75 Å². The van der Waals surface area contributed by atoms with Crippen molar-refractivity contribution in [3.8, 4) is 5.75 Å². The van der Waals surface area contributed by atoms with Crippen molar-refractivity contribution in [3.05, 3.63) is 64.9 Å². The Morgan fingerprint density at radius 2 is 1.46 bits per heavy atom. The summed E-state index contributed by atoms with van der Waals surface area (Å²) in [6, 6.07) is 14.6. The molecule has 0 aliphatic carbocycles. The van der Waals surface area contributed by atoms with E-state index in [0.29, 0.717) is 27.4 Å². The van der Waals surface area contributed by atoms with Crippen molar-refractivity contribution < 1.29 is 4.74 Å². The standard InChI is InChI=1S/C17H14Cl2N4O/c1-24-15-7-6-13(8-14(15)19)23-17-9-16(20-10-21-17)22-12-4-2-11(18)3-5-12/h2-10H,1H3,(H2,20,21,22,23). The number of rotatable bonds is 5. The van der Waals surface area contributed by atoms with Crippen LogP contribution in [0.15, 0.2) is 54.9 Å².